The molecule has 0 atom stereocenters. The maximum Gasteiger partial charge on any atom is 0.306 e. The minimum atomic E-state index is -0.190. The first-order valence-corrected chi connectivity index (χ1v) is 5.25. The Labute approximate surface area is 89.2 Å². The van der Waals surface area contributed by atoms with Gasteiger partial charge in [-0.3, -0.25) is 9.59 Å². The van der Waals surface area contributed by atoms with Crippen molar-refractivity contribution in [3.63, 3.8) is 0 Å². The van der Waals surface area contributed by atoms with Crippen LogP contribution in [-0.2, 0) is 19.1 Å². The lowest BCUT2D eigenvalue weighted by atomic mass is 10.2. The van der Waals surface area contributed by atoms with Crippen molar-refractivity contribution in [1.29, 1.82) is 0 Å². The second-order valence-corrected chi connectivity index (χ2v) is 3.34. The second kappa shape index (κ2) is 7.04. The quantitative estimate of drug-likeness (QED) is 0.452. The van der Waals surface area contributed by atoms with E-state index in [0.717, 1.165) is 0 Å². The number of hydrogen-bond donors (Lipinski definition) is 0. The van der Waals surface area contributed by atoms with E-state index in [-0.39, 0.29) is 11.9 Å². The van der Waals surface area contributed by atoms with E-state index in [4.69, 9.17) is 9.47 Å². The summed E-state index contributed by atoms with van der Waals surface area (Å²) in [6.45, 7) is 0.658. The molecule has 1 rings (SSSR count). The first-order valence-electron chi connectivity index (χ1n) is 5.25. The summed E-state index contributed by atoms with van der Waals surface area (Å²) in [5.74, 6) is -0.379. The highest BCUT2D eigenvalue weighted by Crippen LogP contribution is 2.01. The normalized spacial score (nSPS) is 22.7. The van der Waals surface area contributed by atoms with E-state index in [1.165, 1.54) is 0 Å². The maximum absolute atomic E-state index is 11.1. The van der Waals surface area contributed by atoms with Crippen LogP contribution in [0.2, 0.25) is 0 Å². The van der Waals surface area contributed by atoms with Gasteiger partial charge in [-0.1, -0.05) is 12.2 Å². The highest BCUT2D eigenvalue weighted by molar-refractivity contribution is 5.70. The maximum atomic E-state index is 11.1. The predicted octanol–water partition coefficient (Wildman–Crippen LogP) is 1.59. The fraction of sp³-hybridized carbons (Fsp3) is 0.636. The van der Waals surface area contributed by atoms with Crippen molar-refractivity contribution in [3.05, 3.63) is 12.2 Å². The first kappa shape index (κ1) is 11.8. The number of carbonyl (C=O) groups excluding carboxylic acids is 2. The van der Waals surface area contributed by atoms with Crippen LogP contribution in [0.3, 0.4) is 0 Å². The number of carbonyl (C=O) groups is 2. The molecule has 4 heteroatoms. The van der Waals surface area contributed by atoms with Crippen LogP contribution in [0.1, 0.15) is 32.1 Å². The van der Waals surface area contributed by atoms with Gasteiger partial charge in [0.05, 0.1) is 13.2 Å². The smallest absolute Gasteiger partial charge is 0.306 e. The molecular weight excluding hydrogens is 196 g/mol. The van der Waals surface area contributed by atoms with Crippen LogP contribution >= 0.6 is 0 Å². The molecule has 0 radical (unpaired) electrons. The largest absolute Gasteiger partial charge is 0.466 e. The molecule has 0 amide bonds. The summed E-state index contributed by atoms with van der Waals surface area (Å²) >= 11 is 0. The molecule has 0 aliphatic carbocycles. The number of esters is 2. The first-order chi connectivity index (χ1) is 7.29. The van der Waals surface area contributed by atoms with Gasteiger partial charge in [0.1, 0.15) is 0 Å². The summed E-state index contributed by atoms with van der Waals surface area (Å²) in [5.41, 5.74) is 0. The highest BCUT2D eigenvalue weighted by atomic mass is 16.5. The molecule has 0 bridgehead atoms. The van der Waals surface area contributed by atoms with E-state index in [1.807, 2.05) is 12.2 Å². The summed E-state index contributed by atoms with van der Waals surface area (Å²) in [7, 11) is 0. The molecule has 1 aliphatic rings. The lowest BCUT2D eigenvalue weighted by Gasteiger charge is -2.04. The van der Waals surface area contributed by atoms with Crippen molar-refractivity contribution < 1.29 is 19.1 Å². The van der Waals surface area contributed by atoms with Gasteiger partial charge in [-0.05, 0) is 12.8 Å². The number of allylic oxidation sites excluding steroid dienone is 2. The molecule has 1 aliphatic heterocycles. The van der Waals surface area contributed by atoms with Crippen molar-refractivity contribution in [3.8, 4) is 0 Å². The number of cyclic esters (lactones) is 2. The van der Waals surface area contributed by atoms with E-state index >= 15 is 0 Å². The third-order valence-electron chi connectivity index (χ3n) is 2.01. The second-order valence-electron chi connectivity index (χ2n) is 3.34. The standard InChI is InChI=1S/C11H16O4/c12-10-6-3-1-2-4-7-11(13)15-9-5-8-14-10/h1-2H,3-9H2/b2-1+. The van der Waals surface area contributed by atoms with Crippen LogP contribution in [0.25, 0.3) is 0 Å². The zero-order valence-electron chi connectivity index (χ0n) is 8.74. The van der Waals surface area contributed by atoms with Gasteiger partial charge in [-0.25, -0.2) is 0 Å². The predicted molar refractivity (Wildman–Crippen MR) is 54.1 cm³/mol. The zero-order chi connectivity index (χ0) is 10.9. The fourth-order valence-corrected chi connectivity index (χ4v) is 1.21. The third-order valence-corrected chi connectivity index (χ3v) is 2.01. The molecule has 0 aromatic rings. The van der Waals surface area contributed by atoms with Crippen LogP contribution in [0.15, 0.2) is 12.2 Å². The van der Waals surface area contributed by atoms with Gasteiger partial charge < -0.3 is 9.47 Å². The van der Waals surface area contributed by atoms with Crippen LogP contribution in [-0.4, -0.2) is 25.2 Å². The van der Waals surface area contributed by atoms with E-state index in [9.17, 15) is 9.59 Å². The molecule has 0 unspecified atom stereocenters. The van der Waals surface area contributed by atoms with Crippen molar-refractivity contribution in [2.75, 3.05) is 13.2 Å². The Hall–Kier alpha value is -1.32. The average molecular weight is 212 g/mol. The molecule has 15 heavy (non-hydrogen) atoms. The van der Waals surface area contributed by atoms with Crippen molar-refractivity contribution >= 4 is 11.9 Å². The van der Waals surface area contributed by atoms with Gasteiger partial charge in [0.15, 0.2) is 0 Å². The Morgan fingerprint density at radius 1 is 0.867 bits per heavy atom. The monoisotopic (exact) mass is 212 g/mol. The van der Waals surface area contributed by atoms with Gasteiger partial charge >= 0.3 is 11.9 Å². The van der Waals surface area contributed by atoms with Gasteiger partial charge in [-0.2, -0.15) is 0 Å². The van der Waals surface area contributed by atoms with Crippen LogP contribution < -0.4 is 0 Å². The van der Waals surface area contributed by atoms with Gasteiger partial charge in [0.2, 0.25) is 0 Å². The van der Waals surface area contributed by atoms with E-state index in [1.54, 1.807) is 0 Å². The molecule has 0 aromatic heterocycles. The van der Waals surface area contributed by atoms with Gasteiger partial charge in [0.25, 0.3) is 0 Å². The minimum Gasteiger partial charge on any atom is -0.466 e. The van der Waals surface area contributed by atoms with Gasteiger partial charge in [-0.15, -0.1) is 0 Å². The molecule has 0 spiro atoms. The molecular formula is C11H16O4. The summed E-state index contributed by atoms with van der Waals surface area (Å²) in [6.07, 6.45) is 6.53. The molecule has 84 valence electrons. The molecule has 0 aromatic carbocycles. The summed E-state index contributed by atoms with van der Waals surface area (Å²) in [6, 6.07) is 0. The Kier molecular flexibility index (Phi) is 5.51. The number of rotatable bonds is 0. The fourth-order valence-electron chi connectivity index (χ4n) is 1.21. The lowest BCUT2D eigenvalue weighted by Crippen LogP contribution is -2.09. The number of ether oxygens (including phenoxy) is 2. The van der Waals surface area contributed by atoms with Crippen LogP contribution in [0, 0.1) is 0 Å². The molecule has 0 saturated carbocycles. The third kappa shape index (κ3) is 5.88. The summed E-state index contributed by atoms with van der Waals surface area (Å²) < 4.78 is 9.85. The molecule has 0 saturated heterocycles. The summed E-state index contributed by atoms with van der Waals surface area (Å²) in [5, 5.41) is 0. The lowest BCUT2D eigenvalue weighted by molar-refractivity contribution is -0.146. The minimum absolute atomic E-state index is 0.190. The topological polar surface area (TPSA) is 52.6 Å². The Morgan fingerprint density at radius 2 is 1.33 bits per heavy atom. The zero-order valence-corrected chi connectivity index (χ0v) is 8.74. The SMILES string of the molecule is O=C1CC/C=C/CCC(=O)OCCCO1. The van der Waals surface area contributed by atoms with Crippen molar-refractivity contribution in [1.82, 2.24) is 0 Å². The Bertz CT molecular complexity index is 221. The highest BCUT2D eigenvalue weighted by Gasteiger charge is 2.04. The molecule has 4 nitrogen and oxygen atoms in total. The van der Waals surface area contributed by atoms with Crippen LogP contribution in [0.4, 0.5) is 0 Å². The van der Waals surface area contributed by atoms with Crippen LogP contribution in [0.5, 0.6) is 0 Å². The Morgan fingerprint density at radius 3 is 1.80 bits per heavy atom. The molecule has 0 N–H and O–H groups in total. The Balaban J connectivity index is 2.34. The molecule has 1 heterocycles. The average Bonchev–Trinajstić information content (AvgIpc) is 2.23. The number of hydrogen-bond acceptors (Lipinski definition) is 4. The van der Waals surface area contributed by atoms with E-state index in [2.05, 4.69) is 0 Å². The van der Waals surface area contributed by atoms with E-state index in [0.29, 0.717) is 45.3 Å². The van der Waals surface area contributed by atoms with Crippen molar-refractivity contribution in [2.45, 2.75) is 32.1 Å². The van der Waals surface area contributed by atoms with E-state index < -0.39 is 0 Å². The van der Waals surface area contributed by atoms with Crippen molar-refractivity contribution in [2.24, 2.45) is 0 Å². The molecule has 0 fully saturated rings. The summed E-state index contributed by atoms with van der Waals surface area (Å²) in [4.78, 5) is 22.2. The van der Waals surface area contributed by atoms with Gasteiger partial charge in [0, 0.05) is 19.3 Å².